The summed E-state index contributed by atoms with van der Waals surface area (Å²) in [6, 6.07) is 7.68. The molecular formula is C20H34ClIN4O3S. The largest absolute Gasteiger partial charge is 0.489 e. The van der Waals surface area contributed by atoms with Crippen LogP contribution in [-0.2, 0) is 9.84 Å². The van der Waals surface area contributed by atoms with Crippen LogP contribution in [0.1, 0.15) is 26.7 Å². The Labute approximate surface area is 202 Å². The number of halogens is 2. The van der Waals surface area contributed by atoms with Crippen LogP contribution in [0.5, 0.6) is 5.75 Å². The smallest absolute Gasteiger partial charge is 0.191 e. The number of aliphatic imine (C=N–C) groups is 1. The number of sulfone groups is 1. The Morgan fingerprint density at radius 2 is 2.07 bits per heavy atom. The maximum absolute atomic E-state index is 11.3. The molecule has 30 heavy (non-hydrogen) atoms. The van der Waals surface area contributed by atoms with Gasteiger partial charge in [-0.1, -0.05) is 17.7 Å². The number of hydrogen-bond donors (Lipinski definition) is 2. The van der Waals surface area contributed by atoms with Crippen LogP contribution >= 0.6 is 35.6 Å². The van der Waals surface area contributed by atoms with Crippen LogP contribution in [0, 0.1) is 0 Å². The Morgan fingerprint density at radius 3 is 2.67 bits per heavy atom. The van der Waals surface area contributed by atoms with E-state index in [0.717, 1.165) is 44.2 Å². The van der Waals surface area contributed by atoms with Crippen LogP contribution in [0.4, 0.5) is 0 Å². The second-order valence-corrected chi connectivity index (χ2v) is 10.2. The van der Waals surface area contributed by atoms with Gasteiger partial charge in [-0.15, -0.1) is 24.0 Å². The lowest BCUT2D eigenvalue weighted by Crippen LogP contribution is -2.49. The molecule has 1 aromatic rings. The van der Waals surface area contributed by atoms with Crippen LogP contribution in [0.2, 0.25) is 5.02 Å². The van der Waals surface area contributed by atoms with E-state index in [4.69, 9.17) is 16.3 Å². The van der Waals surface area contributed by atoms with E-state index < -0.39 is 9.84 Å². The Balaban J connectivity index is 0.00000450. The number of ether oxygens (including phenoxy) is 1. The third kappa shape index (κ3) is 11.0. The highest BCUT2D eigenvalue weighted by molar-refractivity contribution is 14.0. The number of nitrogens with one attached hydrogen (secondary N) is 2. The molecule has 10 heteroatoms. The van der Waals surface area contributed by atoms with Crippen molar-refractivity contribution in [1.82, 2.24) is 15.5 Å². The van der Waals surface area contributed by atoms with E-state index in [1.165, 1.54) is 6.26 Å². The molecule has 0 aromatic heterocycles. The zero-order chi connectivity index (χ0) is 21.3. The van der Waals surface area contributed by atoms with Gasteiger partial charge in [-0.2, -0.15) is 0 Å². The molecular weight excluding hydrogens is 539 g/mol. The van der Waals surface area contributed by atoms with E-state index >= 15 is 0 Å². The van der Waals surface area contributed by atoms with Gasteiger partial charge in [0.15, 0.2) is 5.96 Å². The van der Waals surface area contributed by atoms with Gasteiger partial charge in [0.05, 0.1) is 12.3 Å². The summed E-state index contributed by atoms with van der Waals surface area (Å²) < 4.78 is 28.5. The van der Waals surface area contributed by atoms with Gasteiger partial charge in [0.25, 0.3) is 0 Å². The molecule has 1 atom stereocenters. The minimum atomic E-state index is -2.91. The van der Waals surface area contributed by atoms with E-state index in [-0.39, 0.29) is 35.8 Å². The highest BCUT2D eigenvalue weighted by Crippen LogP contribution is 2.18. The maximum atomic E-state index is 11.3. The van der Waals surface area contributed by atoms with Gasteiger partial charge in [0, 0.05) is 43.5 Å². The van der Waals surface area contributed by atoms with Gasteiger partial charge in [-0.3, -0.25) is 0 Å². The van der Waals surface area contributed by atoms with E-state index in [1.807, 2.05) is 32.0 Å². The van der Waals surface area contributed by atoms with Gasteiger partial charge in [-0.25, -0.2) is 13.4 Å². The fourth-order valence-corrected chi connectivity index (χ4v) is 3.91. The van der Waals surface area contributed by atoms with Gasteiger partial charge in [0.2, 0.25) is 0 Å². The third-order valence-corrected chi connectivity index (χ3v) is 5.85. The lowest BCUT2D eigenvalue weighted by Gasteiger charge is -2.33. The molecule has 1 aliphatic rings. The molecule has 7 nitrogen and oxygen atoms in total. The zero-order valence-corrected chi connectivity index (χ0v) is 21.8. The molecule has 1 fully saturated rings. The predicted octanol–water partition coefficient (Wildman–Crippen LogP) is 2.79. The number of piperidine rings is 1. The maximum Gasteiger partial charge on any atom is 0.191 e. The number of hydrogen-bond acceptors (Lipinski definition) is 5. The second kappa shape index (κ2) is 13.6. The van der Waals surface area contributed by atoms with Gasteiger partial charge < -0.3 is 20.3 Å². The minimum absolute atomic E-state index is 0. The Kier molecular flexibility index (Phi) is 12.3. The van der Waals surface area contributed by atoms with E-state index in [9.17, 15) is 8.42 Å². The zero-order valence-electron chi connectivity index (χ0n) is 17.9. The molecule has 0 aliphatic carbocycles. The topological polar surface area (TPSA) is 83.0 Å². The predicted molar refractivity (Wildman–Crippen MR) is 135 cm³/mol. The highest BCUT2D eigenvalue weighted by atomic mass is 127. The third-order valence-electron chi connectivity index (χ3n) is 4.69. The Hall–Kier alpha value is -0.780. The average Bonchev–Trinajstić information content (AvgIpc) is 2.65. The molecule has 172 valence electrons. The number of likely N-dealkylation sites (tertiary alicyclic amines) is 1. The molecule has 1 aliphatic heterocycles. The first-order valence-corrected chi connectivity index (χ1v) is 12.6. The first kappa shape index (κ1) is 27.3. The summed E-state index contributed by atoms with van der Waals surface area (Å²) in [6.45, 7) is 7.71. The van der Waals surface area contributed by atoms with Crippen LogP contribution in [0.3, 0.4) is 0 Å². The summed E-state index contributed by atoms with van der Waals surface area (Å²) >= 11 is 6.00. The summed E-state index contributed by atoms with van der Waals surface area (Å²) in [7, 11) is -2.91. The lowest BCUT2D eigenvalue weighted by atomic mass is 10.1. The number of nitrogens with zero attached hydrogens (tertiary/aromatic N) is 2. The first-order chi connectivity index (χ1) is 13.7. The average molecular weight is 573 g/mol. The van der Waals surface area contributed by atoms with Crippen molar-refractivity contribution in [3.63, 3.8) is 0 Å². The molecule has 2 rings (SSSR count). The summed E-state index contributed by atoms with van der Waals surface area (Å²) in [6.07, 6.45) is 3.13. The van der Waals surface area contributed by atoms with Gasteiger partial charge >= 0.3 is 0 Å². The van der Waals surface area contributed by atoms with Crippen molar-refractivity contribution < 1.29 is 13.2 Å². The van der Waals surface area contributed by atoms with Crippen LogP contribution in [0.25, 0.3) is 0 Å². The summed E-state index contributed by atoms with van der Waals surface area (Å²) in [5, 5.41) is 7.43. The molecule has 1 aromatic carbocycles. The van der Waals surface area contributed by atoms with E-state index in [2.05, 4.69) is 20.5 Å². The van der Waals surface area contributed by atoms with Crippen LogP contribution in [-0.4, -0.2) is 76.2 Å². The van der Waals surface area contributed by atoms with Crippen molar-refractivity contribution in [3.05, 3.63) is 29.3 Å². The SMILES string of the molecule is CCNC(=NCC(C)Oc1cccc(Cl)c1)NC1CCN(CCS(C)(=O)=O)CC1.I. The minimum Gasteiger partial charge on any atom is -0.489 e. The molecule has 2 N–H and O–H groups in total. The molecule has 1 unspecified atom stereocenters. The molecule has 1 heterocycles. The van der Waals surface area contributed by atoms with Gasteiger partial charge in [0.1, 0.15) is 21.7 Å². The summed E-state index contributed by atoms with van der Waals surface area (Å²) in [5.41, 5.74) is 0. The standard InChI is InChI=1S/C20H33ClN4O3S.HI/c1-4-22-20(23-15-16(2)28-19-7-5-6-17(21)14-19)24-18-8-10-25(11-9-18)12-13-29(3,26)27;/h5-7,14,16,18H,4,8-13,15H2,1-3H3,(H2,22,23,24);1H. The van der Waals surface area contributed by atoms with Crippen molar-refractivity contribution in [1.29, 1.82) is 0 Å². The Bertz CT molecular complexity index is 771. The molecule has 0 radical (unpaired) electrons. The molecule has 0 amide bonds. The molecule has 0 saturated carbocycles. The summed E-state index contributed by atoms with van der Waals surface area (Å²) in [4.78, 5) is 6.87. The number of guanidine groups is 1. The second-order valence-electron chi connectivity index (χ2n) is 7.50. The Morgan fingerprint density at radius 1 is 1.37 bits per heavy atom. The van der Waals surface area contributed by atoms with Crippen molar-refractivity contribution in [3.8, 4) is 5.75 Å². The van der Waals surface area contributed by atoms with Crippen LogP contribution in [0.15, 0.2) is 29.3 Å². The van der Waals surface area contributed by atoms with Crippen LogP contribution < -0.4 is 15.4 Å². The molecule has 0 spiro atoms. The monoisotopic (exact) mass is 572 g/mol. The van der Waals surface area contributed by atoms with Crippen molar-refractivity contribution in [2.24, 2.45) is 4.99 Å². The normalized spacial score (nSPS) is 17.1. The number of benzene rings is 1. The van der Waals surface area contributed by atoms with Crippen molar-refractivity contribution >= 4 is 51.4 Å². The fraction of sp³-hybridized carbons (Fsp3) is 0.650. The van der Waals surface area contributed by atoms with Crippen molar-refractivity contribution in [2.75, 3.05) is 44.7 Å². The van der Waals surface area contributed by atoms with Crippen molar-refractivity contribution in [2.45, 2.75) is 38.8 Å². The first-order valence-electron chi connectivity index (χ1n) is 10.1. The molecule has 1 saturated heterocycles. The number of rotatable bonds is 9. The fourth-order valence-electron chi connectivity index (χ4n) is 3.14. The highest BCUT2D eigenvalue weighted by Gasteiger charge is 2.20. The lowest BCUT2D eigenvalue weighted by molar-refractivity contribution is 0.215. The quantitative estimate of drug-likeness (QED) is 0.269. The van der Waals surface area contributed by atoms with E-state index in [1.54, 1.807) is 6.07 Å². The van der Waals surface area contributed by atoms with Gasteiger partial charge in [-0.05, 0) is 44.9 Å². The molecule has 0 bridgehead atoms. The summed E-state index contributed by atoms with van der Waals surface area (Å²) in [5.74, 6) is 1.74. The van der Waals surface area contributed by atoms with E-state index in [0.29, 0.717) is 24.2 Å².